The first kappa shape index (κ1) is 18.5. The number of rotatable bonds is 5. The molecule has 148 valence electrons. The van der Waals surface area contributed by atoms with Crippen molar-refractivity contribution in [2.24, 2.45) is 0 Å². The summed E-state index contributed by atoms with van der Waals surface area (Å²) < 4.78 is 0. The van der Waals surface area contributed by atoms with Crippen molar-refractivity contribution in [3.63, 3.8) is 0 Å². The molecule has 2 aromatic carbocycles. The molecule has 0 amide bonds. The first-order chi connectivity index (χ1) is 14.1. The maximum atomic E-state index is 11.3. The number of aryl methyl sites for hydroxylation is 3. The van der Waals surface area contributed by atoms with Crippen LogP contribution in [0.2, 0.25) is 0 Å². The Hall–Kier alpha value is -2.53. The van der Waals surface area contributed by atoms with Gasteiger partial charge in [0.1, 0.15) is 0 Å². The minimum absolute atomic E-state index is 0.240. The van der Waals surface area contributed by atoms with Gasteiger partial charge in [-0.15, -0.1) is 11.3 Å². The molecule has 0 atom stereocenters. The minimum Gasteiger partial charge on any atom is -0.258 e. The fourth-order valence-corrected chi connectivity index (χ4v) is 5.30. The highest BCUT2D eigenvalue weighted by atomic mass is 32.1. The number of aromatic nitrogens is 1. The minimum atomic E-state index is -0.261. The molecule has 0 unspecified atom stereocenters. The Bertz CT molecular complexity index is 1100. The zero-order valence-electron chi connectivity index (χ0n) is 16.6. The number of hydrogen-bond acceptors (Lipinski definition) is 4. The van der Waals surface area contributed by atoms with Gasteiger partial charge in [0.25, 0.3) is 5.69 Å². The van der Waals surface area contributed by atoms with Crippen molar-refractivity contribution in [1.29, 1.82) is 0 Å². The van der Waals surface area contributed by atoms with Crippen LogP contribution in [0, 0.1) is 17.0 Å². The predicted octanol–water partition coefficient (Wildman–Crippen LogP) is 6.37. The van der Waals surface area contributed by atoms with Crippen LogP contribution in [-0.2, 0) is 19.3 Å². The third-order valence-corrected chi connectivity index (χ3v) is 7.06. The molecule has 5 rings (SSSR count). The van der Waals surface area contributed by atoms with Gasteiger partial charge in [0.05, 0.1) is 15.6 Å². The van der Waals surface area contributed by atoms with E-state index in [2.05, 4.69) is 23.6 Å². The highest BCUT2D eigenvalue weighted by Crippen LogP contribution is 2.44. The van der Waals surface area contributed by atoms with Gasteiger partial charge in [0.2, 0.25) is 0 Å². The summed E-state index contributed by atoms with van der Waals surface area (Å²) in [5.41, 5.74) is 8.54. The van der Waals surface area contributed by atoms with Crippen LogP contribution in [0.3, 0.4) is 0 Å². The maximum Gasteiger partial charge on any atom is 0.272 e. The van der Waals surface area contributed by atoms with Crippen molar-refractivity contribution in [2.45, 2.75) is 57.8 Å². The summed E-state index contributed by atoms with van der Waals surface area (Å²) in [4.78, 5) is 16.0. The highest BCUT2D eigenvalue weighted by Gasteiger charge is 2.29. The van der Waals surface area contributed by atoms with Crippen molar-refractivity contribution in [2.75, 3.05) is 0 Å². The molecule has 29 heavy (non-hydrogen) atoms. The van der Waals surface area contributed by atoms with Gasteiger partial charge in [-0.3, -0.25) is 10.1 Å². The molecule has 1 saturated carbocycles. The van der Waals surface area contributed by atoms with E-state index in [1.807, 2.05) is 13.0 Å². The number of fused-ring (bicyclic) bond motifs is 1. The van der Waals surface area contributed by atoms with Gasteiger partial charge < -0.3 is 0 Å². The van der Waals surface area contributed by atoms with Crippen LogP contribution in [0.1, 0.15) is 64.4 Å². The Balaban J connectivity index is 1.43. The number of thiazole rings is 1. The summed E-state index contributed by atoms with van der Waals surface area (Å²) in [5, 5.41) is 14.6. The Kier molecular flexibility index (Phi) is 4.70. The molecule has 1 fully saturated rings. The molecule has 0 radical (unpaired) electrons. The van der Waals surface area contributed by atoms with Crippen LogP contribution < -0.4 is 0 Å². The van der Waals surface area contributed by atoms with Gasteiger partial charge in [-0.1, -0.05) is 12.1 Å². The highest BCUT2D eigenvalue weighted by molar-refractivity contribution is 7.10. The van der Waals surface area contributed by atoms with Gasteiger partial charge in [-0.25, -0.2) is 4.98 Å². The molecule has 2 aliphatic carbocycles. The lowest BCUT2D eigenvalue weighted by Gasteiger charge is -2.16. The number of hydrogen-bond donors (Lipinski definition) is 0. The summed E-state index contributed by atoms with van der Waals surface area (Å²) in [6.07, 6.45) is 7.96. The first-order valence-corrected chi connectivity index (χ1v) is 11.3. The van der Waals surface area contributed by atoms with E-state index in [1.165, 1.54) is 47.9 Å². The van der Waals surface area contributed by atoms with Crippen molar-refractivity contribution in [1.82, 2.24) is 4.98 Å². The summed E-state index contributed by atoms with van der Waals surface area (Å²) >= 11 is 1.69. The molecule has 5 heteroatoms. The Morgan fingerprint density at radius 3 is 2.69 bits per heavy atom. The van der Waals surface area contributed by atoms with Crippen LogP contribution in [0.5, 0.6) is 0 Å². The lowest BCUT2D eigenvalue weighted by atomic mass is 9.90. The van der Waals surface area contributed by atoms with Gasteiger partial charge in [0, 0.05) is 29.0 Å². The van der Waals surface area contributed by atoms with E-state index in [0.717, 1.165) is 41.1 Å². The second-order valence-corrected chi connectivity index (χ2v) is 9.31. The van der Waals surface area contributed by atoms with Crippen LogP contribution >= 0.6 is 11.3 Å². The second kappa shape index (κ2) is 7.38. The monoisotopic (exact) mass is 404 g/mol. The molecule has 3 aromatic rings. The van der Waals surface area contributed by atoms with Crippen molar-refractivity contribution in [3.05, 3.63) is 78.7 Å². The Labute approximate surface area is 174 Å². The van der Waals surface area contributed by atoms with E-state index < -0.39 is 0 Å². The van der Waals surface area contributed by atoms with Crippen LogP contribution in [0.4, 0.5) is 5.69 Å². The van der Waals surface area contributed by atoms with Gasteiger partial charge in [-0.05, 0) is 85.8 Å². The molecule has 0 spiro atoms. The van der Waals surface area contributed by atoms with Crippen LogP contribution in [0.25, 0.3) is 11.3 Å². The maximum absolute atomic E-state index is 11.3. The summed E-state index contributed by atoms with van der Waals surface area (Å²) in [5.74, 6) is 0.476. The predicted molar refractivity (Wildman–Crippen MR) is 117 cm³/mol. The summed E-state index contributed by atoms with van der Waals surface area (Å²) in [6, 6.07) is 10.6. The fourth-order valence-electron chi connectivity index (χ4n) is 4.48. The van der Waals surface area contributed by atoms with E-state index >= 15 is 0 Å². The zero-order valence-corrected chi connectivity index (χ0v) is 17.4. The third kappa shape index (κ3) is 3.71. The van der Waals surface area contributed by atoms with Crippen LogP contribution in [-0.4, -0.2) is 9.91 Å². The Morgan fingerprint density at radius 1 is 1.14 bits per heavy atom. The lowest BCUT2D eigenvalue weighted by molar-refractivity contribution is -0.385. The normalized spacial score (nSPS) is 15.9. The largest absolute Gasteiger partial charge is 0.272 e. The summed E-state index contributed by atoms with van der Waals surface area (Å²) in [6.45, 7) is 1.83. The van der Waals surface area contributed by atoms with Crippen molar-refractivity contribution in [3.8, 4) is 11.3 Å². The van der Waals surface area contributed by atoms with Gasteiger partial charge in [0.15, 0.2) is 0 Å². The average molecular weight is 405 g/mol. The standard InChI is InChI=1S/C24H24N2O2S/c1-15-10-20(21(17-7-8-17)13-23(15)26(27)28)12-24-25-22(14-29-24)19-9-6-16-4-2-3-5-18(16)11-19/h6,9-11,13-14,17H,2-5,7-8,12H2,1H3. The Morgan fingerprint density at radius 2 is 1.93 bits per heavy atom. The van der Waals surface area contributed by atoms with Crippen molar-refractivity contribution < 1.29 is 4.92 Å². The smallest absolute Gasteiger partial charge is 0.258 e. The van der Waals surface area contributed by atoms with E-state index in [9.17, 15) is 10.1 Å². The van der Waals surface area contributed by atoms with Gasteiger partial charge in [-0.2, -0.15) is 0 Å². The topological polar surface area (TPSA) is 56.0 Å². The number of benzene rings is 2. The van der Waals surface area contributed by atoms with E-state index in [-0.39, 0.29) is 10.6 Å². The van der Waals surface area contributed by atoms with Crippen molar-refractivity contribution >= 4 is 17.0 Å². The molecule has 0 saturated heterocycles. The first-order valence-electron chi connectivity index (χ1n) is 10.4. The zero-order chi connectivity index (χ0) is 20.0. The fraction of sp³-hybridized carbons (Fsp3) is 0.375. The molecule has 1 heterocycles. The number of nitro benzene ring substituents is 1. The molecule has 0 aliphatic heterocycles. The van der Waals surface area contributed by atoms with Crippen LogP contribution in [0.15, 0.2) is 35.7 Å². The SMILES string of the molecule is Cc1cc(Cc2nc(-c3ccc4c(c3)CCCC4)cs2)c(C2CC2)cc1[N+](=O)[O-]. The molecule has 4 nitrogen and oxygen atoms in total. The number of nitro groups is 1. The van der Waals surface area contributed by atoms with Gasteiger partial charge >= 0.3 is 0 Å². The molecular weight excluding hydrogens is 380 g/mol. The van der Waals surface area contributed by atoms with E-state index in [1.54, 1.807) is 17.4 Å². The molecule has 2 aliphatic rings. The number of nitrogens with zero attached hydrogens (tertiary/aromatic N) is 2. The molecule has 0 bridgehead atoms. The third-order valence-electron chi connectivity index (χ3n) is 6.21. The lowest BCUT2D eigenvalue weighted by Crippen LogP contribution is -2.02. The second-order valence-electron chi connectivity index (χ2n) is 8.36. The molecular formula is C24H24N2O2S. The average Bonchev–Trinajstić information content (AvgIpc) is 3.45. The summed E-state index contributed by atoms with van der Waals surface area (Å²) in [7, 11) is 0. The quantitative estimate of drug-likeness (QED) is 0.366. The molecule has 0 N–H and O–H groups in total. The van der Waals surface area contributed by atoms with E-state index in [0.29, 0.717) is 5.92 Å². The van der Waals surface area contributed by atoms with E-state index in [4.69, 9.17) is 4.98 Å². The molecule has 1 aromatic heterocycles.